The van der Waals surface area contributed by atoms with E-state index in [1.807, 2.05) is 0 Å². The van der Waals surface area contributed by atoms with Crippen molar-refractivity contribution in [2.75, 3.05) is 10.7 Å². The highest BCUT2D eigenvalue weighted by Gasteiger charge is 2.60. The third-order valence-corrected chi connectivity index (χ3v) is 6.91. The van der Waals surface area contributed by atoms with E-state index in [2.05, 4.69) is 4.98 Å². The van der Waals surface area contributed by atoms with E-state index in [1.165, 1.54) is 25.3 Å². The number of hydrogen-bond donors (Lipinski definition) is 0. The van der Waals surface area contributed by atoms with Crippen LogP contribution in [0.3, 0.4) is 0 Å². The highest BCUT2D eigenvalue weighted by Crippen LogP contribution is 2.48. The Morgan fingerprint density at radius 2 is 1.93 bits per heavy atom. The molecule has 1 aliphatic heterocycles. The molecule has 0 N–H and O–H groups in total. The summed E-state index contributed by atoms with van der Waals surface area (Å²) >= 11 is 0.167. The first-order valence-corrected chi connectivity index (χ1v) is 9.94. The van der Waals surface area contributed by atoms with E-state index in [0.29, 0.717) is 6.07 Å². The number of hydrogen-bond acceptors (Lipinski definition) is 5. The number of rotatable bonds is 4. The smallest absolute Gasteiger partial charge is 0.286 e. The monoisotopic (exact) mass is 426 g/mol. The van der Waals surface area contributed by atoms with Gasteiger partial charge in [0, 0.05) is 11.1 Å². The first-order chi connectivity index (χ1) is 12.4. The van der Waals surface area contributed by atoms with Crippen LogP contribution in [0.4, 0.5) is 27.8 Å². The van der Waals surface area contributed by atoms with Crippen LogP contribution in [0.2, 0.25) is 0 Å². The summed E-state index contributed by atoms with van der Waals surface area (Å²) in [6.07, 6.45) is -4.52. The molecule has 0 spiro atoms. The van der Waals surface area contributed by atoms with Crippen molar-refractivity contribution >= 4 is 32.9 Å². The number of sulfone groups is 1. The quantitative estimate of drug-likeness (QED) is 0.699. The normalized spacial score (nSPS) is 15.3. The van der Waals surface area contributed by atoms with Crippen LogP contribution < -0.4 is 4.90 Å². The van der Waals surface area contributed by atoms with E-state index in [1.54, 1.807) is 0 Å². The van der Waals surface area contributed by atoms with Gasteiger partial charge in [0.1, 0.15) is 4.90 Å². The van der Waals surface area contributed by atoms with Crippen molar-refractivity contribution < 1.29 is 35.2 Å². The molecule has 3 rings (SSSR count). The summed E-state index contributed by atoms with van der Waals surface area (Å²) in [5.74, 6) is -6.39. The van der Waals surface area contributed by atoms with Crippen LogP contribution in [0.15, 0.2) is 29.3 Å². The second-order valence-electron chi connectivity index (χ2n) is 5.64. The third kappa shape index (κ3) is 3.10. The summed E-state index contributed by atoms with van der Waals surface area (Å²) in [5, 5.41) is 0. The number of carbonyl (C=O) groups excluding carboxylic acids is 1. The average molecular weight is 426 g/mol. The Hall–Kier alpha value is -2.08. The summed E-state index contributed by atoms with van der Waals surface area (Å²) in [7, 11) is -3.73. The Kier molecular flexibility index (Phi) is 4.54. The number of halogens is 5. The fourth-order valence-electron chi connectivity index (χ4n) is 2.54. The molecule has 1 amide bonds. The minimum absolute atomic E-state index is 0.00979. The lowest BCUT2D eigenvalue weighted by Gasteiger charge is -2.20. The van der Waals surface area contributed by atoms with Crippen LogP contribution in [0.25, 0.3) is 0 Å². The maximum absolute atomic E-state index is 13.5. The number of fused-ring (bicyclic) bond motifs is 1. The van der Waals surface area contributed by atoms with Gasteiger partial charge in [0.15, 0.2) is 15.7 Å². The largest absolute Gasteiger partial charge is 0.458 e. The number of carbonyl (C=O) groups is 1. The number of nitrogens with zero attached hydrogens (tertiary/aromatic N) is 2. The Balaban J connectivity index is 2.01. The van der Waals surface area contributed by atoms with Crippen molar-refractivity contribution in [3.8, 4) is 0 Å². The molecular formula is C15H11F5N2O3S2. The zero-order valence-electron chi connectivity index (χ0n) is 13.5. The van der Waals surface area contributed by atoms with Gasteiger partial charge in [-0.25, -0.2) is 13.4 Å². The Labute approximate surface area is 154 Å². The molecule has 27 heavy (non-hydrogen) atoms. The van der Waals surface area contributed by atoms with Crippen molar-refractivity contribution in [1.82, 2.24) is 4.98 Å². The second kappa shape index (κ2) is 6.23. The van der Waals surface area contributed by atoms with Crippen LogP contribution in [0.5, 0.6) is 0 Å². The summed E-state index contributed by atoms with van der Waals surface area (Å²) < 4.78 is 89.0. The lowest BCUT2D eigenvalue weighted by Crippen LogP contribution is -2.33. The van der Waals surface area contributed by atoms with Gasteiger partial charge in [0.05, 0.1) is 22.7 Å². The molecule has 0 bridgehead atoms. The van der Waals surface area contributed by atoms with Gasteiger partial charge >= 0.3 is 12.1 Å². The van der Waals surface area contributed by atoms with E-state index in [4.69, 9.17) is 0 Å². The Morgan fingerprint density at radius 3 is 2.48 bits per heavy atom. The molecule has 0 radical (unpaired) electrons. The SMILES string of the molecule is CCS(=O)(=O)c1cccnc1N1Cc2sc(C(F)(F)C(F)(F)F)cc2C1=O. The van der Waals surface area contributed by atoms with Gasteiger partial charge in [0.2, 0.25) is 0 Å². The summed E-state index contributed by atoms with van der Waals surface area (Å²) in [5.41, 5.74) is -0.315. The van der Waals surface area contributed by atoms with Crippen LogP contribution in [0, 0.1) is 0 Å². The summed E-state index contributed by atoms with van der Waals surface area (Å²) in [4.78, 5) is 15.9. The fraction of sp³-hybridized carbons (Fsp3) is 0.333. The van der Waals surface area contributed by atoms with E-state index >= 15 is 0 Å². The predicted octanol–water partition coefficient (Wildman–Crippen LogP) is 3.75. The highest BCUT2D eigenvalue weighted by molar-refractivity contribution is 7.91. The fourth-order valence-corrected chi connectivity index (χ4v) is 4.71. The van der Waals surface area contributed by atoms with Crippen LogP contribution in [-0.4, -0.2) is 31.2 Å². The minimum atomic E-state index is -5.78. The molecular weight excluding hydrogens is 415 g/mol. The third-order valence-electron chi connectivity index (χ3n) is 3.97. The van der Waals surface area contributed by atoms with Gasteiger partial charge < -0.3 is 0 Å². The average Bonchev–Trinajstić information content (AvgIpc) is 3.14. The maximum atomic E-state index is 13.5. The molecule has 1 aliphatic rings. The predicted molar refractivity (Wildman–Crippen MR) is 86.7 cm³/mol. The van der Waals surface area contributed by atoms with E-state index in [-0.39, 0.29) is 44.8 Å². The molecule has 0 atom stereocenters. The Morgan fingerprint density at radius 1 is 1.26 bits per heavy atom. The summed E-state index contributed by atoms with van der Waals surface area (Å²) in [6, 6.07) is 3.13. The number of anilines is 1. The van der Waals surface area contributed by atoms with Crippen molar-refractivity contribution in [2.24, 2.45) is 0 Å². The molecule has 0 aromatic carbocycles. The number of pyridine rings is 1. The molecule has 0 unspecified atom stereocenters. The van der Waals surface area contributed by atoms with E-state index in [9.17, 15) is 35.2 Å². The molecule has 0 aliphatic carbocycles. The molecule has 0 saturated heterocycles. The number of aromatic nitrogens is 1. The van der Waals surface area contributed by atoms with Crippen molar-refractivity contribution in [1.29, 1.82) is 0 Å². The van der Waals surface area contributed by atoms with Gasteiger partial charge in [-0.2, -0.15) is 22.0 Å². The molecule has 12 heteroatoms. The molecule has 5 nitrogen and oxygen atoms in total. The van der Waals surface area contributed by atoms with Gasteiger partial charge in [0.25, 0.3) is 5.91 Å². The molecule has 0 saturated carbocycles. The van der Waals surface area contributed by atoms with Crippen LogP contribution >= 0.6 is 11.3 Å². The molecule has 3 heterocycles. The minimum Gasteiger partial charge on any atom is -0.286 e. The van der Waals surface area contributed by atoms with Crippen LogP contribution in [-0.2, 0) is 22.3 Å². The van der Waals surface area contributed by atoms with Crippen LogP contribution in [0.1, 0.15) is 27.0 Å². The standard InChI is InChI=1S/C15H11F5N2O3S2/c1-2-27(24,25)10-4-3-5-21-12(10)22-7-9-8(13(22)23)6-11(26-9)14(16,17)15(18,19)20/h3-6H,2,7H2,1H3. The number of alkyl halides is 5. The zero-order chi connectivity index (χ0) is 20.2. The molecule has 0 fully saturated rings. The maximum Gasteiger partial charge on any atom is 0.458 e. The van der Waals surface area contributed by atoms with Gasteiger partial charge in [-0.1, -0.05) is 6.92 Å². The lowest BCUT2D eigenvalue weighted by molar-refractivity contribution is -0.287. The van der Waals surface area contributed by atoms with Gasteiger partial charge in [-0.05, 0) is 18.2 Å². The van der Waals surface area contributed by atoms with Crippen molar-refractivity contribution in [2.45, 2.75) is 30.5 Å². The molecule has 146 valence electrons. The first-order valence-electron chi connectivity index (χ1n) is 7.47. The first kappa shape index (κ1) is 19.7. The summed E-state index contributed by atoms with van der Waals surface area (Å²) in [6.45, 7) is 1.07. The number of thiophene rings is 1. The van der Waals surface area contributed by atoms with Gasteiger partial charge in [-0.15, -0.1) is 11.3 Å². The lowest BCUT2D eigenvalue weighted by atomic mass is 10.2. The van der Waals surface area contributed by atoms with E-state index < -0.39 is 32.7 Å². The molecule has 2 aromatic rings. The van der Waals surface area contributed by atoms with Gasteiger partial charge in [-0.3, -0.25) is 9.69 Å². The molecule has 2 aromatic heterocycles. The Bertz CT molecular complexity index is 1010. The number of amides is 1. The highest BCUT2D eigenvalue weighted by atomic mass is 32.2. The zero-order valence-corrected chi connectivity index (χ0v) is 15.2. The van der Waals surface area contributed by atoms with Crippen molar-refractivity contribution in [3.05, 3.63) is 39.7 Å². The topological polar surface area (TPSA) is 67.3 Å². The van der Waals surface area contributed by atoms with Crippen molar-refractivity contribution in [3.63, 3.8) is 0 Å². The second-order valence-corrected chi connectivity index (χ2v) is 9.02. The van der Waals surface area contributed by atoms with E-state index in [0.717, 1.165) is 4.90 Å².